The van der Waals surface area contributed by atoms with Crippen LogP contribution in [0.25, 0.3) is 0 Å². The Hall–Kier alpha value is -0.610. The van der Waals surface area contributed by atoms with Crippen LogP contribution in [-0.4, -0.2) is 43.0 Å². The van der Waals surface area contributed by atoms with Crippen LogP contribution >= 0.6 is 0 Å². The van der Waals surface area contributed by atoms with Crippen LogP contribution in [0.5, 0.6) is 0 Å². The smallest absolute Gasteiger partial charge is 0.220 e. The van der Waals surface area contributed by atoms with E-state index in [0.717, 1.165) is 32.2 Å². The van der Waals surface area contributed by atoms with Crippen molar-refractivity contribution in [1.82, 2.24) is 10.2 Å². The predicted octanol–water partition coefficient (Wildman–Crippen LogP) is 0.716. The third-order valence-electron chi connectivity index (χ3n) is 4.19. The molecular weight excluding hydrogens is 214 g/mol. The summed E-state index contributed by atoms with van der Waals surface area (Å²) in [6, 6.07) is 0.605. The van der Waals surface area contributed by atoms with Gasteiger partial charge in [0.2, 0.25) is 5.91 Å². The van der Waals surface area contributed by atoms with Crippen molar-refractivity contribution in [1.29, 1.82) is 0 Å². The molecule has 0 atom stereocenters. The summed E-state index contributed by atoms with van der Waals surface area (Å²) in [5.41, 5.74) is 5.33. The van der Waals surface area contributed by atoms with Crippen molar-refractivity contribution in [3.05, 3.63) is 0 Å². The topological polar surface area (TPSA) is 58.4 Å². The zero-order valence-electron chi connectivity index (χ0n) is 10.7. The molecule has 4 nitrogen and oxygen atoms in total. The van der Waals surface area contributed by atoms with E-state index in [-0.39, 0.29) is 11.8 Å². The molecule has 1 heterocycles. The lowest BCUT2D eigenvalue weighted by molar-refractivity contribution is -0.122. The Morgan fingerprint density at radius 3 is 2.41 bits per heavy atom. The van der Waals surface area contributed by atoms with Gasteiger partial charge in [-0.25, -0.2) is 0 Å². The Bertz CT molecular complexity index is 243. The first-order chi connectivity index (χ1) is 8.25. The van der Waals surface area contributed by atoms with Gasteiger partial charge in [0.25, 0.3) is 0 Å². The Labute approximate surface area is 104 Å². The van der Waals surface area contributed by atoms with Crippen LogP contribution in [0, 0.1) is 5.92 Å². The molecule has 1 aliphatic heterocycles. The van der Waals surface area contributed by atoms with Crippen LogP contribution in [0.2, 0.25) is 0 Å². The fraction of sp³-hybridized carbons (Fsp3) is 0.923. The largest absolute Gasteiger partial charge is 0.369 e. The number of amides is 1. The van der Waals surface area contributed by atoms with Crippen molar-refractivity contribution in [2.45, 2.75) is 44.6 Å². The lowest BCUT2D eigenvalue weighted by Gasteiger charge is -2.28. The van der Waals surface area contributed by atoms with Crippen LogP contribution in [0.15, 0.2) is 0 Å². The highest BCUT2D eigenvalue weighted by Crippen LogP contribution is 2.23. The summed E-state index contributed by atoms with van der Waals surface area (Å²) in [4.78, 5) is 13.6. The number of nitrogens with zero attached hydrogens (tertiary/aromatic N) is 1. The summed E-state index contributed by atoms with van der Waals surface area (Å²) in [7, 11) is 0. The molecule has 3 N–H and O–H groups in total. The number of primary amides is 1. The van der Waals surface area contributed by atoms with Gasteiger partial charge in [-0.1, -0.05) is 0 Å². The minimum atomic E-state index is -0.111. The standard InChI is InChI=1S/C13H25N3O/c14-13(17)11-3-5-12(6-4-11)15-7-10-16-8-1-2-9-16/h11-12,15H,1-10H2,(H2,14,17). The quantitative estimate of drug-likeness (QED) is 0.743. The van der Waals surface area contributed by atoms with E-state index in [0.29, 0.717) is 6.04 Å². The number of carbonyl (C=O) groups is 1. The fourth-order valence-corrected chi connectivity index (χ4v) is 3.02. The fourth-order valence-electron chi connectivity index (χ4n) is 3.02. The van der Waals surface area contributed by atoms with E-state index in [1.807, 2.05) is 0 Å². The average molecular weight is 239 g/mol. The lowest BCUT2D eigenvalue weighted by Crippen LogP contribution is -2.40. The minimum absolute atomic E-state index is 0.111. The van der Waals surface area contributed by atoms with E-state index in [9.17, 15) is 4.79 Å². The maximum absolute atomic E-state index is 11.0. The summed E-state index contributed by atoms with van der Waals surface area (Å²) >= 11 is 0. The van der Waals surface area contributed by atoms with Crippen molar-refractivity contribution in [3.63, 3.8) is 0 Å². The molecule has 0 radical (unpaired) electrons. The second-order valence-electron chi connectivity index (χ2n) is 5.45. The molecule has 0 aromatic rings. The van der Waals surface area contributed by atoms with Crippen molar-refractivity contribution in [2.24, 2.45) is 11.7 Å². The molecule has 2 aliphatic rings. The average Bonchev–Trinajstić information content (AvgIpc) is 2.83. The Balaban J connectivity index is 1.56. The first kappa shape index (κ1) is 12.8. The summed E-state index contributed by atoms with van der Waals surface area (Å²) in [6.45, 7) is 4.81. The van der Waals surface area contributed by atoms with Gasteiger partial charge in [0.15, 0.2) is 0 Å². The maximum atomic E-state index is 11.0. The van der Waals surface area contributed by atoms with Crippen molar-refractivity contribution < 1.29 is 4.79 Å². The molecular formula is C13H25N3O. The zero-order valence-corrected chi connectivity index (χ0v) is 10.7. The first-order valence-corrected chi connectivity index (χ1v) is 7.01. The van der Waals surface area contributed by atoms with Gasteiger partial charge in [0, 0.05) is 25.0 Å². The summed E-state index contributed by atoms with van der Waals surface area (Å²) < 4.78 is 0. The van der Waals surface area contributed by atoms with Crippen LogP contribution in [-0.2, 0) is 4.79 Å². The number of hydrogen-bond donors (Lipinski definition) is 2. The molecule has 1 aliphatic carbocycles. The zero-order chi connectivity index (χ0) is 12.1. The van der Waals surface area contributed by atoms with Crippen LogP contribution in [0.3, 0.4) is 0 Å². The number of nitrogens with two attached hydrogens (primary N) is 1. The van der Waals surface area contributed by atoms with Gasteiger partial charge in [-0.05, 0) is 51.6 Å². The number of hydrogen-bond acceptors (Lipinski definition) is 3. The van der Waals surface area contributed by atoms with Gasteiger partial charge in [0.05, 0.1) is 0 Å². The predicted molar refractivity (Wildman–Crippen MR) is 68.6 cm³/mol. The molecule has 2 rings (SSSR count). The molecule has 17 heavy (non-hydrogen) atoms. The first-order valence-electron chi connectivity index (χ1n) is 7.01. The Morgan fingerprint density at radius 2 is 1.82 bits per heavy atom. The van der Waals surface area contributed by atoms with E-state index in [2.05, 4.69) is 10.2 Å². The van der Waals surface area contributed by atoms with Crippen molar-refractivity contribution >= 4 is 5.91 Å². The van der Waals surface area contributed by atoms with Crippen LogP contribution in [0.4, 0.5) is 0 Å². The van der Waals surface area contributed by atoms with Gasteiger partial charge in [-0.3, -0.25) is 4.79 Å². The highest BCUT2D eigenvalue weighted by molar-refractivity contribution is 5.76. The van der Waals surface area contributed by atoms with E-state index >= 15 is 0 Å². The molecule has 0 spiro atoms. The minimum Gasteiger partial charge on any atom is -0.369 e. The van der Waals surface area contributed by atoms with Gasteiger partial charge in [-0.15, -0.1) is 0 Å². The van der Waals surface area contributed by atoms with Gasteiger partial charge < -0.3 is 16.0 Å². The number of carbonyl (C=O) groups excluding carboxylic acids is 1. The van der Waals surface area contributed by atoms with Gasteiger partial charge in [-0.2, -0.15) is 0 Å². The molecule has 4 heteroatoms. The van der Waals surface area contributed by atoms with E-state index < -0.39 is 0 Å². The third kappa shape index (κ3) is 3.96. The summed E-state index contributed by atoms with van der Waals surface area (Å²) in [5, 5.41) is 3.61. The molecule has 98 valence electrons. The third-order valence-corrected chi connectivity index (χ3v) is 4.19. The SMILES string of the molecule is NC(=O)C1CCC(NCCN2CCCC2)CC1. The molecule has 2 fully saturated rings. The van der Waals surface area contributed by atoms with E-state index in [4.69, 9.17) is 5.73 Å². The summed E-state index contributed by atoms with van der Waals surface area (Å²) in [5.74, 6) is 0.0205. The Kier molecular flexibility index (Phi) is 4.80. The van der Waals surface area contributed by atoms with Crippen molar-refractivity contribution in [2.75, 3.05) is 26.2 Å². The number of nitrogens with one attached hydrogen (secondary N) is 1. The number of likely N-dealkylation sites (tertiary alicyclic amines) is 1. The monoisotopic (exact) mass is 239 g/mol. The maximum Gasteiger partial charge on any atom is 0.220 e. The molecule has 0 aromatic heterocycles. The highest BCUT2D eigenvalue weighted by atomic mass is 16.1. The molecule has 0 bridgehead atoms. The molecule has 1 amide bonds. The molecule has 0 unspecified atom stereocenters. The van der Waals surface area contributed by atoms with Crippen LogP contribution < -0.4 is 11.1 Å². The van der Waals surface area contributed by atoms with E-state index in [1.54, 1.807) is 0 Å². The second kappa shape index (κ2) is 6.36. The van der Waals surface area contributed by atoms with E-state index in [1.165, 1.54) is 32.5 Å². The summed E-state index contributed by atoms with van der Waals surface area (Å²) in [6.07, 6.45) is 6.88. The normalized spacial score (nSPS) is 30.6. The molecule has 0 aromatic carbocycles. The lowest BCUT2D eigenvalue weighted by atomic mass is 9.85. The van der Waals surface area contributed by atoms with Gasteiger partial charge in [0.1, 0.15) is 0 Å². The van der Waals surface area contributed by atoms with Crippen LogP contribution in [0.1, 0.15) is 38.5 Å². The molecule has 1 saturated heterocycles. The second-order valence-corrected chi connectivity index (χ2v) is 5.45. The van der Waals surface area contributed by atoms with Crippen molar-refractivity contribution in [3.8, 4) is 0 Å². The van der Waals surface area contributed by atoms with Gasteiger partial charge >= 0.3 is 0 Å². The highest BCUT2D eigenvalue weighted by Gasteiger charge is 2.24. The Morgan fingerprint density at radius 1 is 1.18 bits per heavy atom. The number of rotatable bonds is 5. The molecule has 1 saturated carbocycles.